The Kier molecular flexibility index (Phi) is 4.05. The maximum atomic E-state index is 12.5. The molecule has 0 aliphatic carbocycles. The fourth-order valence-corrected chi connectivity index (χ4v) is 2.37. The van der Waals surface area contributed by atoms with E-state index in [0.717, 1.165) is 0 Å². The Morgan fingerprint density at radius 2 is 2.17 bits per heavy atom. The number of ether oxygens (including phenoxy) is 1. The number of carbonyl (C=O) groups excluding carboxylic acids is 1. The molecule has 0 radical (unpaired) electrons. The number of rotatable bonds is 2. The van der Waals surface area contributed by atoms with Gasteiger partial charge in [0.25, 0.3) is 0 Å². The fraction of sp³-hybridized carbons (Fsp3) is 0.235. The summed E-state index contributed by atoms with van der Waals surface area (Å²) in [7, 11) is 0. The molecule has 122 valence electrons. The van der Waals surface area contributed by atoms with E-state index in [-0.39, 0.29) is 0 Å². The number of hydrogen-bond acceptors (Lipinski definition) is 6. The first kappa shape index (κ1) is 16.1. The van der Waals surface area contributed by atoms with Crippen LogP contribution in [-0.4, -0.2) is 26.6 Å². The van der Waals surface area contributed by atoms with Gasteiger partial charge in [0.1, 0.15) is 11.3 Å². The second-order valence-corrected chi connectivity index (χ2v) is 6.31. The average molecular weight is 341 g/mol. The molecule has 0 aliphatic heterocycles. The summed E-state index contributed by atoms with van der Waals surface area (Å²) in [6, 6.07) is 8.78. The molecule has 0 atom stereocenters. The largest absolute Gasteiger partial charge is 0.463 e. The van der Waals surface area contributed by atoms with Crippen LogP contribution in [0.2, 0.25) is 0 Å². The van der Waals surface area contributed by atoms with Gasteiger partial charge in [0.05, 0.1) is 22.6 Å². The molecule has 3 rings (SSSR count). The van der Waals surface area contributed by atoms with Gasteiger partial charge in [0, 0.05) is 5.39 Å². The Hall–Kier alpha value is -2.76. The van der Waals surface area contributed by atoms with Crippen molar-refractivity contribution in [2.45, 2.75) is 26.4 Å². The van der Waals surface area contributed by atoms with E-state index in [4.69, 9.17) is 9.15 Å². The predicted molar refractivity (Wildman–Crippen MR) is 93.8 cm³/mol. The minimum atomic E-state index is -0.623. The van der Waals surface area contributed by atoms with Crippen LogP contribution in [0.3, 0.4) is 0 Å². The van der Waals surface area contributed by atoms with Gasteiger partial charge in [0.15, 0.2) is 5.76 Å². The lowest BCUT2D eigenvalue weighted by Crippen LogP contribution is -2.27. The smallest absolute Gasteiger partial charge is 0.435 e. The van der Waals surface area contributed by atoms with E-state index in [2.05, 4.69) is 27.5 Å². The van der Waals surface area contributed by atoms with Crippen molar-refractivity contribution < 1.29 is 13.9 Å². The van der Waals surface area contributed by atoms with Crippen molar-refractivity contribution in [2.75, 3.05) is 0 Å². The molecule has 6 nitrogen and oxygen atoms in total. The molecule has 24 heavy (non-hydrogen) atoms. The second-order valence-electron chi connectivity index (χ2n) is 6.12. The van der Waals surface area contributed by atoms with Gasteiger partial charge >= 0.3 is 6.09 Å². The van der Waals surface area contributed by atoms with Crippen LogP contribution in [0.15, 0.2) is 46.0 Å². The SMILES string of the molecule is CC(C)(C)OC(=O)n1nc(-c2ccco2)c2cc(N=C=S)ccc21. The van der Waals surface area contributed by atoms with Gasteiger partial charge in [-0.3, -0.25) is 0 Å². The number of aromatic nitrogens is 2. The van der Waals surface area contributed by atoms with Crippen molar-refractivity contribution in [3.05, 3.63) is 36.6 Å². The monoisotopic (exact) mass is 341 g/mol. The molecule has 0 spiro atoms. The van der Waals surface area contributed by atoms with Crippen LogP contribution >= 0.6 is 12.2 Å². The highest BCUT2D eigenvalue weighted by Crippen LogP contribution is 2.31. The Labute approximate surface area is 143 Å². The lowest BCUT2D eigenvalue weighted by atomic mass is 10.1. The second kappa shape index (κ2) is 6.03. The summed E-state index contributed by atoms with van der Waals surface area (Å²) in [6.07, 6.45) is 0.989. The van der Waals surface area contributed by atoms with Gasteiger partial charge in [-0.15, -0.1) is 0 Å². The van der Waals surface area contributed by atoms with Crippen LogP contribution < -0.4 is 0 Å². The molecule has 1 aromatic carbocycles. The summed E-state index contributed by atoms with van der Waals surface area (Å²) >= 11 is 4.65. The molecule has 0 aliphatic rings. The normalized spacial score (nSPS) is 11.3. The fourth-order valence-electron chi connectivity index (χ4n) is 2.27. The zero-order valence-corrected chi connectivity index (χ0v) is 14.3. The number of isothiocyanates is 1. The number of fused-ring (bicyclic) bond motifs is 1. The van der Waals surface area contributed by atoms with E-state index in [0.29, 0.717) is 28.0 Å². The topological polar surface area (TPSA) is 69.6 Å². The van der Waals surface area contributed by atoms with Gasteiger partial charge in [0.2, 0.25) is 0 Å². The molecule has 2 aromatic heterocycles. The van der Waals surface area contributed by atoms with Crippen molar-refractivity contribution >= 4 is 40.1 Å². The molecule has 0 unspecified atom stereocenters. The number of aliphatic imine (C=N–C) groups is 1. The highest BCUT2D eigenvalue weighted by molar-refractivity contribution is 7.78. The number of nitrogens with zero attached hydrogens (tertiary/aromatic N) is 3. The maximum absolute atomic E-state index is 12.5. The Morgan fingerprint density at radius 1 is 1.38 bits per heavy atom. The van der Waals surface area contributed by atoms with Crippen molar-refractivity contribution in [2.24, 2.45) is 4.99 Å². The third-order valence-electron chi connectivity index (χ3n) is 3.16. The Bertz CT molecular complexity index is 946. The maximum Gasteiger partial charge on any atom is 0.435 e. The van der Waals surface area contributed by atoms with Crippen molar-refractivity contribution in [3.63, 3.8) is 0 Å². The molecule has 3 aromatic rings. The van der Waals surface area contributed by atoms with Gasteiger partial charge < -0.3 is 9.15 Å². The highest BCUT2D eigenvalue weighted by atomic mass is 32.1. The first-order valence-electron chi connectivity index (χ1n) is 7.27. The van der Waals surface area contributed by atoms with E-state index in [9.17, 15) is 4.79 Å². The van der Waals surface area contributed by atoms with Gasteiger partial charge in [-0.2, -0.15) is 14.8 Å². The van der Waals surface area contributed by atoms with Crippen molar-refractivity contribution in [3.8, 4) is 11.5 Å². The quantitative estimate of drug-likeness (QED) is 0.494. The van der Waals surface area contributed by atoms with Crippen LogP contribution in [0, 0.1) is 0 Å². The molecule has 0 N–H and O–H groups in total. The van der Waals surface area contributed by atoms with E-state index in [1.54, 1.807) is 57.4 Å². The minimum Gasteiger partial charge on any atom is -0.463 e. The summed E-state index contributed by atoms with van der Waals surface area (Å²) in [5.41, 5.74) is 1.12. The molecule has 0 saturated carbocycles. The zero-order valence-electron chi connectivity index (χ0n) is 13.4. The summed E-state index contributed by atoms with van der Waals surface area (Å²) in [5, 5.41) is 7.42. The van der Waals surface area contributed by atoms with Gasteiger partial charge in [-0.25, -0.2) is 4.79 Å². The van der Waals surface area contributed by atoms with Crippen LogP contribution in [0.1, 0.15) is 20.8 Å². The molecule has 2 heterocycles. The number of benzene rings is 1. The molecule has 7 heteroatoms. The molecular formula is C17H15N3O3S. The standard InChI is InChI=1S/C17H15N3O3S/c1-17(2,3)23-16(21)20-13-7-6-11(18-10-24)9-12(13)15(19-20)14-5-4-8-22-14/h4-9H,1-3H3. The van der Waals surface area contributed by atoms with Crippen LogP contribution in [0.4, 0.5) is 10.5 Å². The average Bonchev–Trinajstić information content (AvgIpc) is 3.12. The van der Waals surface area contributed by atoms with E-state index >= 15 is 0 Å². The lowest BCUT2D eigenvalue weighted by molar-refractivity contribution is 0.0523. The van der Waals surface area contributed by atoms with Gasteiger partial charge in [-0.05, 0) is 63.3 Å². The van der Waals surface area contributed by atoms with E-state index in [1.165, 1.54) is 4.68 Å². The van der Waals surface area contributed by atoms with E-state index < -0.39 is 11.7 Å². The molecule has 0 saturated heterocycles. The van der Waals surface area contributed by atoms with Crippen LogP contribution in [-0.2, 0) is 4.74 Å². The Balaban J connectivity index is 2.20. The summed E-state index contributed by atoms with van der Waals surface area (Å²) < 4.78 is 12.1. The molecule has 0 fully saturated rings. The van der Waals surface area contributed by atoms with Crippen LogP contribution in [0.25, 0.3) is 22.4 Å². The highest BCUT2D eigenvalue weighted by Gasteiger charge is 2.23. The van der Waals surface area contributed by atoms with Gasteiger partial charge in [-0.1, -0.05) is 0 Å². The number of carbonyl (C=O) groups is 1. The number of hydrogen-bond donors (Lipinski definition) is 0. The van der Waals surface area contributed by atoms with E-state index in [1.807, 2.05) is 0 Å². The van der Waals surface area contributed by atoms with Crippen molar-refractivity contribution in [1.29, 1.82) is 0 Å². The molecule has 0 bridgehead atoms. The number of thiocarbonyl (C=S) groups is 1. The predicted octanol–water partition coefficient (Wildman–Crippen LogP) is 4.81. The lowest BCUT2D eigenvalue weighted by Gasteiger charge is -2.19. The summed E-state index contributed by atoms with van der Waals surface area (Å²) in [4.78, 5) is 16.4. The first-order valence-corrected chi connectivity index (χ1v) is 7.68. The summed E-state index contributed by atoms with van der Waals surface area (Å²) in [6.45, 7) is 5.41. The number of furan rings is 1. The molecule has 0 amide bonds. The summed E-state index contributed by atoms with van der Waals surface area (Å²) in [5.74, 6) is 0.547. The van der Waals surface area contributed by atoms with Crippen molar-refractivity contribution in [1.82, 2.24) is 9.78 Å². The first-order chi connectivity index (χ1) is 11.4. The Morgan fingerprint density at radius 3 is 2.79 bits per heavy atom. The minimum absolute atomic E-state index is 0.530. The third-order valence-corrected chi connectivity index (χ3v) is 3.25. The molecular weight excluding hydrogens is 326 g/mol. The third kappa shape index (κ3) is 3.13. The van der Waals surface area contributed by atoms with Crippen LogP contribution in [0.5, 0.6) is 0 Å². The zero-order chi connectivity index (χ0) is 17.3.